The van der Waals surface area contributed by atoms with Crippen molar-refractivity contribution in [2.45, 2.75) is 85.5 Å². The molecule has 0 atom stereocenters. The van der Waals surface area contributed by atoms with Crippen molar-refractivity contribution in [2.24, 2.45) is 5.73 Å². The molecular weight excluding hydrogens is 428 g/mol. The van der Waals surface area contributed by atoms with Crippen LogP contribution in [0.15, 0.2) is 0 Å². The van der Waals surface area contributed by atoms with Crippen molar-refractivity contribution in [2.75, 3.05) is 45.8 Å². The molecule has 0 aromatic rings. The van der Waals surface area contributed by atoms with Gasteiger partial charge in [0, 0.05) is 32.7 Å². The quantitative estimate of drug-likeness (QED) is 0.184. The molecule has 0 aromatic carbocycles. The van der Waals surface area contributed by atoms with E-state index in [2.05, 4.69) is 16.0 Å². The minimum atomic E-state index is -0.454. The first kappa shape index (κ1) is 33.4. The van der Waals surface area contributed by atoms with E-state index in [-0.39, 0.29) is 31.0 Å². The van der Waals surface area contributed by atoms with E-state index >= 15 is 0 Å². The van der Waals surface area contributed by atoms with E-state index in [1.54, 1.807) is 0 Å². The van der Waals surface area contributed by atoms with Gasteiger partial charge in [0.25, 0.3) is 0 Å². The van der Waals surface area contributed by atoms with Gasteiger partial charge in [0.15, 0.2) is 0 Å². The summed E-state index contributed by atoms with van der Waals surface area (Å²) in [5.41, 5.74) is 3.93. The lowest BCUT2D eigenvalue weighted by Gasteiger charge is -2.19. The minimum Gasteiger partial charge on any atom is -0.460 e. The molecule has 0 radical (unpaired) electrons. The highest BCUT2D eigenvalue weighted by Crippen LogP contribution is 2.08. The Labute approximate surface area is 200 Å². The van der Waals surface area contributed by atoms with E-state index in [0.717, 1.165) is 0 Å². The summed E-state index contributed by atoms with van der Waals surface area (Å²) in [4.78, 5) is 33.8. The number of carbonyl (C=O) groups excluding carboxylic acids is 3. The van der Waals surface area contributed by atoms with Crippen LogP contribution >= 0.6 is 0 Å². The third kappa shape index (κ3) is 30.2. The van der Waals surface area contributed by atoms with Gasteiger partial charge >= 0.3 is 17.9 Å². The predicted molar refractivity (Wildman–Crippen MR) is 130 cm³/mol. The van der Waals surface area contributed by atoms with E-state index in [4.69, 9.17) is 19.9 Å². The number of hydrogen-bond acceptors (Lipinski definition) is 10. The van der Waals surface area contributed by atoms with Gasteiger partial charge in [0.1, 0.15) is 16.8 Å². The second-order valence-electron chi connectivity index (χ2n) is 10.4. The Kier molecular flexibility index (Phi) is 17.0. The zero-order chi connectivity index (χ0) is 26.1. The maximum absolute atomic E-state index is 11.4. The molecule has 196 valence electrons. The molecule has 0 aliphatic heterocycles. The van der Waals surface area contributed by atoms with E-state index in [9.17, 15) is 14.4 Å². The van der Waals surface area contributed by atoms with Crippen molar-refractivity contribution in [3.05, 3.63) is 0 Å². The van der Waals surface area contributed by atoms with Crippen LogP contribution in [0.1, 0.15) is 68.7 Å². The third-order valence-corrected chi connectivity index (χ3v) is 3.10. The number of hydrogen-bond donors (Lipinski definition) is 4. The number of rotatable bonds is 12. The summed E-state index contributed by atoms with van der Waals surface area (Å²) in [6.45, 7) is 20.0. The fraction of sp³-hybridized carbons (Fsp3) is 0.870. The summed E-state index contributed by atoms with van der Waals surface area (Å²) in [7, 11) is 0. The Morgan fingerprint density at radius 2 is 0.939 bits per heavy atom. The minimum absolute atomic E-state index is 0.186. The standard InChI is InChI=1S/C15H30N2O4.C8H18N2O2/c1-14(2,3)20-12(18)7-8-16-9-10-17-11-13(19)21-15(4,5)6;1-8(2,3)12-7(11)6-10-5-4-9/h16-17H,7-11H2,1-6H3;10H,4-6,9H2,1-3H3. The van der Waals surface area contributed by atoms with E-state index in [1.807, 2.05) is 62.3 Å². The summed E-state index contributed by atoms with van der Waals surface area (Å²) >= 11 is 0. The van der Waals surface area contributed by atoms with Crippen molar-refractivity contribution in [3.8, 4) is 0 Å². The molecule has 0 spiro atoms. The van der Waals surface area contributed by atoms with Gasteiger partial charge in [-0.3, -0.25) is 14.4 Å². The number of nitrogens with one attached hydrogen (secondary N) is 3. The molecule has 33 heavy (non-hydrogen) atoms. The SMILES string of the molecule is CC(C)(C)OC(=O)CCNCCNCC(=O)OC(C)(C)C.CC(C)(C)OC(=O)CNCCN. The van der Waals surface area contributed by atoms with Crippen LogP contribution in [0.2, 0.25) is 0 Å². The Bertz CT molecular complexity index is 531. The molecule has 0 unspecified atom stereocenters. The lowest BCUT2D eigenvalue weighted by atomic mass is 10.2. The van der Waals surface area contributed by atoms with Crippen LogP contribution in [-0.4, -0.2) is 80.5 Å². The molecule has 0 saturated heterocycles. The van der Waals surface area contributed by atoms with Crippen molar-refractivity contribution < 1.29 is 28.6 Å². The molecular formula is C23H48N4O6. The molecule has 0 aliphatic carbocycles. The monoisotopic (exact) mass is 476 g/mol. The maximum Gasteiger partial charge on any atom is 0.320 e. The van der Waals surface area contributed by atoms with E-state index in [1.165, 1.54) is 0 Å². The van der Waals surface area contributed by atoms with Gasteiger partial charge < -0.3 is 35.9 Å². The molecule has 10 nitrogen and oxygen atoms in total. The zero-order valence-electron chi connectivity index (χ0n) is 22.2. The molecule has 5 N–H and O–H groups in total. The van der Waals surface area contributed by atoms with Crippen LogP contribution in [-0.2, 0) is 28.6 Å². The smallest absolute Gasteiger partial charge is 0.320 e. The van der Waals surface area contributed by atoms with Crippen LogP contribution in [0.25, 0.3) is 0 Å². The second kappa shape index (κ2) is 16.8. The average molecular weight is 477 g/mol. The van der Waals surface area contributed by atoms with Gasteiger partial charge in [-0.25, -0.2) is 0 Å². The van der Waals surface area contributed by atoms with Gasteiger partial charge in [-0.05, 0) is 62.3 Å². The number of carbonyl (C=O) groups is 3. The first-order valence-corrected chi connectivity index (χ1v) is 11.4. The van der Waals surface area contributed by atoms with Crippen molar-refractivity contribution in [1.82, 2.24) is 16.0 Å². The van der Waals surface area contributed by atoms with Crippen LogP contribution in [0, 0.1) is 0 Å². The third-order valence-electron chi connectivity index (χ3n) is 3.10. The Morgan fingerprint density at radius 1 is 0.576 bits per heavy atom. The Morgan fingerprint density at radius 3 is 1.33 bits per heavy atom. The number of ether oxygens (including phenoxy) is 3. The number of esters is 3. The van der Waals surface area contributed by atoms with Crippen molar-refractivity contribution >= 4 is 17.9 Å². The lowest BCUT2D eigenvalue weighted by Crippen LogP contribution is -2.35. The molecule has 0 aliphatic rings. The van der Waals surface area contributed by atoms with Crippen molar-refractivity contribution in [1.29, 1.82) is 0 Å². The normalized spacial score (nSPS) is 11.8. The first-order chi connectivity index (χ1) is 14.9. The van der Waals surface area contributed by atoms with Crippen LogP contribution in [0.5, 0.6) is 0 Å². The fourth-order valence-electron chi connectivity index (χ4n) is 2.12. The van der Waals surface area contributed by atoms with Crippen LogP contribution in [0.3, 0.4) is 0 Å². The summed E-state index contributed by atoms with van der Waals surface area (Å²) < 4.78 is 15.4. The lowest BCUT2D eigenvalue weighted by molar-refractivity contribution is -0.155. The second-order valence-corrected chi connectivity index (χ2v) is 10.4. The van der Waals surface area contributed by atoms with Crippen molar-refractivity contribution in [3.63, 3.8) is 0 Å². The first-order valence-electron chi connectivity index (χ1n) is 11.4. The molecule has 0 aromatic heterocycles. The van der Waals surface area contributed by atoms with Crippen LogP contribution < -0.4 is 21.7 Å². The Hall–Kier alpha value is -1.75. The highest BCUT2D eigenvalue weighted by atomic mass is 16.6. The fourth-order valence-corrected chi connectivity index (χ4v) is 2.12. The Balaban J connectivity index is 0. The predicted octanol–water partition coefficient (Wildman–Crippen LogP) is 1.12. The van der Waals surface area contributed by atoms with E-state index in [0.29, 0.717) is 39.1 Å². The van der Waals surface area contributed by atoms with Gasteiger partial charge in [0.2, 0.25) is 0 Å². The summed E-state index contributed by atoms with van der Waals surface area (Å²) in [6.07, 6.45) is 0.337. The molecule has 0 saturated carbocycles. The number of nitrogens with two attached hydrogens (primary N) is 1. The largest absolute Gasteiger partial charge is 0.460 e. The maximum atomic E-state index is 11.4. The van der Waals surface area contributed by atoms with Gasteiger partial charge in [-0.15, -0.1) is 0 Å². The average Bonchev–Trinajstić information content (AvgIpc) is 2.57. The van der Waals surface area contributed by atoms with Crippen LogP contribution in [0.4, 0.5) is 0 Å². The summed E-state index contributed by atoms with van der Waals surface area (Å²) in [6, 6.07) is 0. The molecule has 0 heterocycles. The van der Waals surface area contributed by atoms with Gasteiger partial charge in [0.05, 0.1) is 19.5 Å². The molecule has 0 rings (SSSR count). The van der Waals surface area contributed by atoms with Gasteiger partial charge in [-0.1, -0.05) is 0 Å². The van der Waals surface area contributed by atoms with Gasteiger partial charge in [-0.2, -0.15) is 0 Å². The highest BCUT2D eigenvalue weighted by Gasteiger charge is 2.17. The highest BCUT2D eigenvalue weighted by molar-refractivity contribution is 5.72. The molecule has 0 bridgehead atoms. The molecule has 10 heteroatoms. The van der Waals surface area contributed by atoms with E-state index < -0.39 is 16.8 Å². The topological polar surface area (TPSA) is 141 Å². The zero-order valence-corrected chi connectivity index (χ0v) is 22.2. The molecule has 0 amide bonds. The molecule has 0 fully saturated rings. The summed E-state index contributed by atoms with van der Waals surface area (Å²) in [5, 5.41) is 8.95. The summed E-state index contributed by atoms with van der Waals surface area (Å²) in [5.74, 6) is -0.719.